The molecule has 0 spiro atoms. The van der Waals surface area contributed by atoms with E-state index in [1.54, 1.807) is 30.3 Å². The topological polar surface area (TPSA) is 57.7 Å². The number of likely N-dealkylation sites (N-methyl/N-ethyl adjacent to an activating group) is 1. The number of carbonyl (C=O) groups is 3. The highest BCUT2D eigenvalue weighted by Gasteiger charge is 2.63. The van der Waals surface area contributed by atoms with Crippen molar-refractivity contribution in [1.29, 1.82) is 0 Å². The number of fused-ring (bicyclic) bond motifs is 5. The number of carbonyl (C=O) groups excluding carboxylic acids is 3. The molecule has 2 amide bonds. The molecule has 2 unspecified atom stereocenters. The minimum absolute atomic E-state index is 0.0858. The highest BCUT2D eigenvalue weighted by atomic mass is 16.2. The van der Waals surface area contributed by atoms with E-state index in [0.717, 1.165) is 5.92 Å². The molecule has 3 fully saturated rings. The van der Waals surface area contributed by atoms with Gasteiger partial charge in [-0.2, -0.15) is 0 Å². The average molecular weight is 352 g/mol. The molecule has 5 rings (SSSR count). The van der Waals surface area contributed by atoms with Gasteiger partial charge in [0.1, 0.15) is 0 Å². The SMILES string of the molecule is CCC1CC1.CN1C2C(=O)C=CC1[C@@H]1C(=O)N(c3ccccc3)C(=O)[C@H]21. The van der Waals surface area contributed by atoms with Gasteiger partial charge in [-0.3, -0.25) is 19.3 Å². The molecule has 5 nitrogen and oxygen atoms in total. The molecule has 5 heteroatoms. The fraction of sp³-hybridized carbons (Fsp3) is 0.476. The van der Waals surface area contributed by atoms with Crippen LogP contribution in [0.2, 0.25) is 0 Å². The molecule has 4 aliphatic rings. The number of amides is 2. The summed E-state index contributed by atoms with van der Waals surface area (Å²) in [7, 11) is 1.81. The lowest BCUT2D eigenvalue weighted by molar-refractivity contribution is -0.128. The van der Waals surface area contributed by atoms with E-state index in [0.29, 0.717) is 5.69 Å². The van der Waals surface area contributed by atoms with Crippen LogP contribution in [0, 0.1) is 17.8 Å². The molecule has 4 atom stereocenters. The van der Waals surface area contributed by atoms with Crippen LogP contribution in [0.15, 0.2) is 42.5 Å². The first kappa shape index (κ1) is 17.2. The van der Waals surface area contributed by atoms with Gasteiger partial charge in [-0.1, -0.05) is 50.5 Å². The Hall–Kier alpha value is -2.27. The van der Waals surface area contributed by atoms with E-state index in [4.69, 9.17) is 0 Å². The molecule has 1 aromatic carbocycles. The van der Waals surface area contributed by atoms with E-state index in [-0.39, 0.29) is 23.6 Å². The van der Waals surface area contributed by atoms with Gasteiger partial charge in [-0.25, -0.2) is 4.90 Å². The normalized spacial score (nSPS) is 32.5. The van der Waals surface area contributed by atoms with Gasteiger partial charge < -0.3 is 0 Å². The van der Waals surface area contributed by atoms with Gasteiger partial charge in [0.25, 0.3) is 0 Å². The lowest BCUT2D eigenvalue weighted by Crippen LogP contribution is -2.47. The summed E-state index contributed by atoms with van der Waals surface area (Å²) in [5.41, 5.74) is 0.582. The summed E-state index contributed by atoms with van der Waals surface area (Å²) in [6.07, 6.45) is 7.71. The molecule has 2 saturated heterocycles. The minimum Gasteiger partial charge on any atom is -0.293 e. The second kappa shape index (κ2) is 6.47. The highest BCUT2D eigenvalue weighted by molar-refractivity contribution is 6.24. The summed E-state index contributed by atoms with van der Waals surface area (Å²) in [5, 5.41) is 0. The molecular formula is C21H24N2O3. The fourth-order valence-electron chi connectivity index (χ4n) is 4.38. The summed E-state index contributed by atoms with van der Waals surface area (Å²) in [4.78, 5) is 40.6. The zero-order chi connectivity index (χ0) is 18.4. The first-order valence-corrected chi connectivity index (χ1v) is 9.41. The summed E-state index contributed by atoms with van der Waals surface area (Å²) in [5.74, 6) is -0.416. The summed E-state index contributed by atoms with van der Waals surface area (Å²) in [6.45, 7) is 2.26. The van der Waals surface area contributed by atoms with E-state index in [1.807, 2.05) is 18.0 Å². The van der Waals surface area contributed by atoms with Gasteiger partial charge in [-0.15, -0.1) is 0 Å². The van der Waals surface area contributed by atoms with Crippen molar-refractivity contribution in [3.8, 4) is 0 Å². The van der Waals surface area contributed by atoms with Crippen molar-refractivity contribution >= 4 is 23.3 Å². The molecule has 3 aliphatic heterocycles. The Morgan fingerprint density at radius 1 is 1.00 bits per heavy atom. The molecule has 2 bridgehead atoms. The van der Waals surface area contributed by atoms with Crippen molar-refractivity contribution in [3.05, 3.63) is 42.5 Å². The first-order valence-electron chi connectivity index (χ1n) is 9.41. The van der Waals surface area contributed by atoms with Crippen molar-refractivity contribution in [2.75, 3.05) is 11.9 Å². The maximum absolute atomic E-state index is 12.7. The van der Waals surface area contributed by atoms with Crippen molar-refractivity contribution in [3.63, 3.8) is 0 Å². The van der Waals surface area contributed by atoms with Gasteiger partial charge >= 0.3 is 0 Å². The Labute approximate surface area is 153 Å². The van der Waals surface area contributed by atoms with Gasteiger partial charge in [0.05, 0.1) is 23.6 Å². The second-order valence-electron chi connectivity index (χ2n) is 7.61. The van der Waals surface area contributed by atoms with E-state index >= 15 is 0 Å². The number of anilines is 1. The number of ketones is 1. The smallest absolute Gasteiger partial charge is 0.239 e. The lowest BCUT2D eigenvalue weighted by Gasteiger charge is -2.29. The van der Waals surface area contributed by atoms with Crippen LogP contribution in [0.5, 0.6) is 0 Å². The van der Waals surface area contributed by atoms with Crippen LogP contribution >= 0.6 is 0 Å². The predicted octanol–water partition coefficient (Wildman–Crippen LogP) is 2.42. The monoisotopic (exact) mass is 352 g/mol. The van der Waals surface area contributed by atoms with Gasteiger partial charge in [-0.05, 0) is 31.2 Å². The molecule has 0 aromatic heterocycles. The second-order valence-corrected chi connectivity index (χ2v) is 7.61. The third-order valence-electron chi connectivity index (χ3n) is 6.05. The van der Waals surface area contributed by atoms with E-state index in [9.17, 15) is 14.4 Å². The quantitative estimate of drug-likeness (QED) is 0.767. The molecule has 1 saturated carbocycles. The minimum atomic E-state index is -0.560. The third kappa shape index (κ3) is 2.62. The molecule has 3 heterocycles. The first-order chi connectivity index (χ1) is 12.5. The highest BCUT2D eigenvalue weighted by Crippen LogP contribution is 2.45. The van der Waals surface area contributed by atoms with Crippen LogP contribution < -0.4 is 4.90 Å². The maximum atomic E-state index is 12.7. The maximum Gasteiger partial charge on any atom is 0.239 e. The molecular weight excluding hydrogens is 328 g/mol. The fourth-order valence-corrected chi connectivity index (χ4v) is 4.38. The van der Waals surface area contributed by atoms with Crippen molar-refractivity contribution in [2.45, 2.75) is 38.3 Å². The molecule has 1 aliphatic carbocycles. The van der Waals surface area contributed by atoms with Crippen molar-refractivity contribution in [2.24, 2.45) is 17.8 Å². The molecule has 136 valence electrons. The van der Waals surface area contributed by atoms with Gasteiger partial charge in [0, 0.05) is 6.04 Å². The molecule has 1 aromatic rings. The van der Waals surface area contributed by atoms with Crippen LogP contribution in [0.1, 0.15) is 26.2 Å². The van der Waals surface area contributed by atoms with Crippen LogP contribution in [0.3, 0.4) is 0 Å². The van der Waals surface area contributed by atoms with Crippen LogP contribution in [0.4, 0.5) is 5.69 Å². The Balaban J connectivity index is 0.000000292. The van der Waals surface area contributed by atoms with Crippen LogP contribution in [0.25, 0.3) is 0 Å². The van der Waals surface area contributed by atoms with E-state index in [2.05, 4.69) is 6.92 Å². The summed E-state index contributed by atoms with van der Waals surface area (Å²) >= 11 is 0. The number of para-hydroxylation sites is 1. The molecule has 0 radical (unpaired) electrons. The number of rotatable bonds is 2. The number of imide groups is 1. The molecule has 26 heavy (non-hydrogen) atoms. The Bertz CT molecular complexity index is 769. The number of benzene rings is 1. The zero-order valence-corrected chi connectivity index (χ0v) is 15.2. The van der Waals surface area contributed by atoms with Crippen molar-refractivity contribution in [1.82, 2.24) is 4.90 Å². The third-order valence-corrected chi connectivity index (χ3v) is 6.05. The van der Waals surface area contributed by atoms with Crippen molar-refractivity contribution < 1.29 is 14.4 Å². The standard InChI is InChI=1S/C16H14N2O3.C5H10/c1-17-10-7-8-11(19)14(17)13-12(10)15(20)18(16(13)21)9-5-3-2-4-6-9;1-2-5-3-4-5/h2-8,10,12-14H,1H3;5H,2-4H2,1H3/t10?,12-,13-,14?;/m0./s1. The summed E-state index contributed by atoms with van der Waals surface area (Å²) < 4.78 is 0. The predicted molar refractivity (Wildman–Crippen MR) is 98.4 cm³/mol. The molecule has 0 N–H and O–H groups in total. The number of hydrogen-bond donors (Lipinski definition) is 0. The number of hydrogen-bond acceptors (Lipinski definition) is 4. The summed E-state index contributed by atoms with van der Waals surface area (Å²) in [6, 6.07) is 8.24. The zero-order valence-electron chi connectivity index (χ0n) is 15.2. The van der Waals surface area contributed by atoms with Gasteiger partial charge in [0.2, 0.25) is 11.8 Å². The van der Waals surface area contributed by atoms with Gasteiger partial charge in [0.15, 0.2) is 5.78 Å². The lowest BCUT2D eigenvalue weighted by atomic mass is 9.90. The van der Waals surface area contributed by atoms with E-state index in [1.165, 1.54) is 30.2 Å². The van der Waals surface area contributed by atoms with E-state index < -0.39 is 17.9 Å². The Kier molecular flexibility index (Phi) is 4.27. The Morgan fingerprint density at radius 2 is 1.65 bits per heavy atom. The van der Waals surface area contributed by atoms with Crippen LogP contribution in [-0.4, -0.2) is 41.6 Å². The number of nitrogens with zero attached hydrogens (tertiary/aromatic N) is 2. The average Bonchev–Trinajstić information content (AvgIpc) is 3.41. The largest absolute Gasteiger partial charge is 0.293 e. The Morgan fingerprint density at radius 3 is 2.23 bits per heavy atom. The van der Waals surface area contributed by atoms with Crippen LogP contribution in [-0.2, 0) is 14.4 Å².